The average molecular weight is 272 g/mol. The Labute approximate surface area is 123 Å². The molecule has 0 radical (unpaired) electrons. The largest absolute Gasteiger partial charge is 0.305 e. The monoisotopic (exact) mass is 272 g/mol. The van der Waals surface area contributed by atoms with E-state index in [9.17, 15) is 0 Å². The molecule has 1 saturated heterocycles. The van der Waals surface area contributed by atoms with Gasteiger partial charge in [0, 0.05) is 18.5 Å². The van der Waals surface area contributed by atoms with Crippen LogP contribution in [0.3, 0.4) is 0 Å². The molecule has 1 N–H and O–H groups in total. The minimum Gasteiger partial charge on any atom is -0.305 e. The molecule has 1 atom stereocenters. The lowest BCUT2D eigenvalue weighted by Gasteiger charge is -2.52. The number of rotatable bonds is 2. The summed E-state index contributed by atoms with van der Waals surface area (Å²) in [7, 11) is 2.21. The Morgan fingerprint density at radius 1 is 1.05 bits per heavy atom. The van der Waals surface area contributed by atoms with Gasteiger partial charge in [0.1, 0.15) is 0 Å². The van der Waals surface area contributed by atoms with E-state index in [1.807, 2.05) is 0 Å². The van der Waals surface area contributed by atoms with Crippen molar-refractivity contribution in [3.05, 3.63) is 0 Å². The summed E-state index contributed by atoms with van der Waals surface area (Å²) in [6.07, 6.45) is 8.81. The van der Waals surface area contributed by atoms with Crippen molar-refractivity contribution < 1.29 is 0 Å². The summed E-state index contributed by atoms with van der Waals surface area (Å²) in [6, 6.07) is 0.674. The van der Waals surface area contributed by atoms with E-state index in [0.29, 0.717) is 6.04 Å². The zero-order valence-electron chi connectivity index (χ0n) is 12.8. The molecule has 5 rings (SSSR count). The summed E-state index contributed by atoms with van der Waals surface area (Å²) in [5.74, 6) is 11.9. The van der Waals surface area contributed by atoms with E-state index in [4.69, 9.17) is 0 Å². The van der Waals surface area contributed by atoms with Gasteiger partial charge in [0.15, 0.2) is 0 Å². The van der Waals surface area contributed by atoms with Gasteiger partial charge in [-0.2, -0.15) is 0 Å². The molecule has 0 spiro atoms. The van der Waals surface area contributed by atoms with Crippen LogP contribution in [0.4, 0.5) is 0 Å². The smallest absolute Gasteiger partial charge is 0.0579 e. The fourth-order valence-electron chi connectivity index (χ4n) is 5.63. The summed E-state index contributed by atoms with van der Waals surface area (Å²) in [5, 5.41) is 3.62. The van der Waals surface area contributed by atoms with Gasteiger partial charge in [0.05, 0.1) is 6.54 Å². The van der Waals surface area contributed by atoms with Gasteiger partial charge in [0.25, 0.3) is 0 Å². The molecular formula is C18H28N2. The number of hydrogen-bond donors (Lipinski definition) is 1. The van der Waals surface area contributed by atoms with Crippen LogP contribution < -0.4 is 5.32 Å². The Bertz CT molecular complexity index is 391. The molecule has 20 heavy (non-hydrogen) atoms. The highest BCUT2D eigenvalue weighted by Gasteiger charge is 2.47. The second-order valence-corrected chi connectivity index (χ2v) is 7.91. The van der Waals surface area contributed by atoms with Crippen molar-refractivity contribution in [2.75, 3.05) is 26.7 Å². The van der Waals surface area contributed by atoms with Gasteiger partial charge in [-0.3, -0.25) is 0 Å². The van der Waals surface area contributed by atoms with Crippen LogP contribution >= 0.6 is 0 Å². The zero-order valence-corrected chi connectivity index (χ0v) is 12.8. The Morgan fingerprint density at radius 2 is 1.75 bits per heavy atom. The van der Waals surface area contributed by atoms with E-state index in [1.54, 1.807) is 6.42 Å². The summed E-state index contributed by atoms with van der Waals surface area (Å²) in [4.78, 5) is 2.41. The minimum absolute atomic E-state index is 0.674. The van der Waals surface area contributed by atoms with E-state index in [2.05, 4.69) is 29.1 Å². The van der Waals surface area contributed by atoms with Crippen molar-refractivity contribution in [2.24, 2.45) is 29.6 Å². The molecule has 1 unspecified atom stereocenters. The van der Waals surface area contributed by atoms with E-state index in [-0.39, 0.29) is 0 Å². The van der Waals surface area contributed by atoms with Crippen LogP contribution in [0, 0.1) is 41.4 Å². The third-order valence-corrected chi connectivity index (χ3v) is 6.37. The van der Waals surface area contributed by atoms with Gasteiger partial charge in [-0.15, -0.1) is 0 Å². The highest BCUT2D eigenvalue weighted by atomic mass is 15.2. The van der Waals surface area contributed by atoms with E-state index in [0.717, 1.165) is 36.1 Å². The SMILES string of the molecule is CN1CCC(NCC#CC2C3CC4CC(C3)CC2C4)C1. The second-order valence-electron chi connectivity index (χ2n) is 7.91. The van der Waals surface area contributed by atoms with Crippen molar-refractivity contribution in [3.8, 4) is 11.8 Å². The van der Waals surface area contributed by atoms with Gasteiger partial charge in [-0.1, -0.05) is 11.8 Å². The first kappa shape index (κ1) is 13.2. The zero-order chi connectivity index (χ0) is 13.5. The summed E-state index contributed by atoms with van der Waals surface area (Å²) >= 11 is 0. The van der Waals surface area contributed by atoms with Gasteiger partial charge in [0.2, 0.25) is 0 Å². The lowest BCUT2D eigenvalue weighted by Crippen LogP contribution is -2.44. The molecule has 4 aliphatic carbocycles. The van der Waals surface area contributed by atoms with E-state index >= 15 is 0 Å². The molecule has 0 aromatic heterocycles. The Morgan fingerprint density at radius 3 is 2.35 bits per heavy atom. The van der Waals surface area contributed by atoms with Crippen LogP contribution in [0.1, 0.15) is 38.5 Å². The number of hydrogen-bond acceptors (Lipinski definition) is 2. The maximum Gasteiger partial charge on any atom is 0.0579 e. The second kappa shape index (κ2) is 5.35. The van der Waals surface area contributed by atoms with Crippen molar-refractivity contribution >= 4 is 0 Å². The number of likely N-dealkylation sites (tertiary alicyclic amines) is 1. The first-order chi connectivity index (χ1) is 9.78. The van der Waals surface area contributed by atoms with Crippen molar-refractivity contribution in [1.82, 2.24) is 10.2 Å². The minimum atomic E-state index is 0.674. The van der Waals surface area contributed by atoms with Gasteiger partial charge >= 0.3 is 0 Å². The van der Waals surface area contributed by atoms with E-state index in [1.165, 1.54) is 45.2 Å². The van der Waals surface area contributed by atoms with Crippen LogP contribution in [0.15, 0.2) is 0 Å². The van der Waals surface area contributed by atoms with Gasteiger partial charge < -0.3 is 10.2 Å². The normalized spacial score (nSPS) is 46.5. The summed E-state index contributed by atoms with van der Waals surface area (Å²) in [5.41, 5.74) is 0. The highest BCUT2D eigenvalue weighted by Crippen LogP contribution is 2.56. The number of nitrogens with zero attached hydrogens (tertiary/aromatic N) is 1. The van der Waals surface area contributed by atoms with Gasteiger partial charge in [-0.05, 0) is 75.8 Å². The maximum atomic E-state index is 3.67. The Hall–Kier alpha value is -0.520. The predicted molar refractivity (Wildman–Crippen MR) is 82.2 cm³/mol. The molecule has 4 bridgehead atoms. The quantitative estimate of drug-likeness (QED) is 0.776. The standard InChI is InChI=1S/C18H28N2/c1-20-6-4-17(12-20)19-5-2-3-18-15-8-13-7-14(10-15)11-16(18)9-13/h13-19H,4-12H2,1H3. The van der Waals surface area contributed by atoms with Crippen molar-refractivity contribution in [3.63, 3.8) is 0 Å². The van der Waals surface area contributed by atoms with Crippen LogP contribution in [0.5, 0.6) is 0 Å². The molecule has 0 amide bonds. The highest BCUT2D eigenvalue weighted by molar-refractivity contribution is 5.14. The molecular weight excluding hydrogens is 244 g/mol. The molecule has 2 nitrogen and oxygen atoms in total. The fourth-order valence-corrected chi connectivity index (χ4v) is 5.63. The van der Waals surface area contributed by atoms with Crippen LogP contribution in [0.2, 0.25) is 0 Å². The number of likely N-dealkylation sites (N-methyl/N-ethyl adjacent to an activating group) is 1. The maximum absolute atomic E-state index is 3.67. The van der Waals surface area contributed by atoms with Crippen molar-refractivity contribution in [2.45, 2.75) is 44.6 Å². The third-order valence-electron chi connectivity index (χ3n) is 6.37. The number of nitrogens with one attached hydrogen (secondary N) is 1. The lowest BCUT2D eigenvalue weighted by atomic mass is 9.52. The summed E-state index contributed by atoms with van der Waals surface area (Å²) in [6.45, 7) is 3.33. The molecule has 5 fully saturated rings. The molecule has 0 aromatic carbocycles. The molecule has 1 heterocycles. The van der Waals surface area contributed by atoms with Crippen molar-refractivity contribution in [1.29, 1.82) is 0 Å². The predicted octanol–water partition coefficient (Wildman–Crippen LogP) is 2.36. The molecule has 4 saturated carbocycles. The molecule has 2 heteroatoms. The van der Waals surface area contributed by atoms with Crippen LogP contribution in [-0.2, 0) is 0 Å². The van der Waals surface area contributed by atoms with Gasteiger partial charge in [-0.25, -0.2) is 0 Å². The molecule has 0 aromatic rings. The van der Waals surface area contributed by atoms with Crippen LogP contribution in [-0.4, -0.2) is 37.6 Å². The topological polar surface area (TPSA) is 15.3 Å². The molecule has 5 aliphatic rings. The fraction of sp³-hybridized carbons (Fsp3) is 0.889. The molecule has 1 aliphatic heterocycles. The van der Waals surface area contributed by atoms with Crippen LogP contribution in [0.25, 0.3) is 0 Å². The Kier molecular flexibility index (Phi) is 3.52. The Balaban J connectivity index is 1.30. The first-order valence-corrected chi connectivity index (χ1v) is 8.68. The van der Waals surface area contributed by atoms with E-state index < -0.39 is 0 Å². The average Bonchev–Trinajstić information content (AvgIpc) is 2.82. The lowest BCUT2D eigenvalue weighted by molar-refractivity contribution is -0.0123. The first-order valence-electron chi connectivity index (χ1n) is 8.68. The molecule has 110 valence electrons. The summed E-state index contributed by atoms with van der Waals surface area (Å²) < 4.78 is 0. The third kappa shape index (κ3) is 2.51.